The molecule has 0 unspecified atom stereocenters. The van der Waals surface area contributed by atoms with E-state index in [1.807, 2.05) is 47.4 Å². The molecule has 0 bridgehead atoms. The number of nitrogens with zero attached hydrogens (tertiary/aromatic N) is 2. The van der Waals surface area contributed by atoms with Crippen molar-refractivity contribution in [1.29, 1.82) is 0 Å². The molecular weight excluding hydrogens is 478 g/mol. The fourth-order valence-corrected chi connectivity index (χ4v) is 4.92. The van der Waals surface area contributed by atoms with Crippen molar-refractivity contribution >= 4 is 27.5 Å². The second-order valence-corrected chi connectivity index (χ2v) is 10.6. The summed E-state index contributed by atoms with van der Waals surface area (Å²) in [5.41, 5.74) is 2.13. The molecule has 1 N–H and O–H groups in total. The fraction of sp³-hybridized carbons (Fsp3) is 0.259. The molecule has 2 amide bonds. The van der Waals surface area contributed by atoms with E-state index >= 15 is 0 Å². The number of rotatable bonds is 10. The van der Waals surface area contributed by atoms with Gasteiger partial charge in [0, 0.05) is 26.1 Å². The number of carbonyl (C=O) groups excluding carboxylic acids is 2. The van der Waals surface area contributed by atoms with Crippen molar-refractivity contribution in [3.8, 4) is 11.5 Å². The zero-order valence-corrected chi connectivity index (χ0v) is 20.9. The zero-order valence-electron chi connectivity index (χ0n) is 20.1. The van der Waals surface area contributed by atoms with Crippen LogP contribution in [0.3, 0.4) is 0 Å². The quantitative estimate of drug-likeness (QED) is 0.452. The molecule has 3 aromatic carbocycles. The van der Waals surface area contributed by atoms with Crippen LogP contribution in [-0.2, 0) is 32.7 Å². The van der Waals surface area contributed by atoms with Gasteiger partial charge in [0.15, 0.2) is 5.75 Å². The van der Waals surface area contributed by atoms with Crippen LogP contribution in [0.25, 0.3) is 0 Å². The Morgan fingerprint density at radius 2 is 1.72 bits per heavy atom. The first-order chi connectivity index (χ1) is 17.3. The van der Waals surface area contributed by atoms with E-state index in [0.717, 1.165) is 34.7 Å². The zero-order chi connectivity index (χ0) is 25.5. The smallest absolute Gasteiger partial charge is 0.241 e. The maximum Gasteiger partial charge on any atom is 0.241 e. The van der Waals surface area contributed by atoms with Gasteiger partial charge in [0.25, 0.3) is 0 Å². The number of likely N-dealkylation sites (tertiary alicyclic amines) is 1. The molecule has 1 aliphatic rings. The van der Waals surface area contributed by atoms with Crippen LogP contribution in [0.4, 0.5) is 5.69 Å². The summed E-state index contributed by atoms with van der Waals surface area (Å²) in [6, 6.07) is 23.4. The molecule has 1 saturated heterocycles. The first kappa shape index (κ1) is 25.2. The molecule has 0 atom stereocenters. The Kier molecular flexibility index (Phi) is 7.90. The van der Waals surface area contributed by atoms with Crippen molar-refractivity contribution in [2.24, 2.45) is 0 Å². The lowest BCUT2D eigenvalue weighted by Crippen LogP contribution is -2.40. The van der Waals surface area contributed by atoms with Gasteiger partial charge in [-0.25, -0.2) is 8.42 Å². The minimum Gasteiger partial charge on any atom is -0.455 e. The second-order valence-electron chi connectivity index (χ2n) is 8.67. The molecule has 9 heteroatoms. The number of carbonyl (C=O) groups is 2. The van der Waals surface area contributed by atoms with Gasteiger partial charge in [-0.3, -0.25) is 13.9 Å². The van der Waals surface area contributed by atoms with Gasteiger partial charge < -0.3 is 15.0 Å². The Morgan fingerprint density at radius 3 is 2.44 bits per heavy atom. The molecule has 1 aliphatic heterocycles. The third-order valence-corrected chi connectivity index (χ3v) is 6.94. The highest BCUT2D eigenvalue weighted by atomic mass is 32.2. The van der Waals surface area contributed by atoms with Crippen LogP contribution in [0.1, 0.15) is 24.0 Å². The summed E-state index contributed by atoms with van der Waals surface area (Å²) in [4.78, 5) is 26.6. The lowest BCUT2D eigenvalue weighted by molar-refractivity contribution is -0.128. The monoisotopic (exact) mass is 507 g/mol. The maximum atomic E-state index is 12.8. The van der Waals surface area contributed by atoms with Gasteiger partial charge in [0.1, 0.15) is 12.3 Å². The molecule has 8 nitrogen and oxygen atoms in total. The van der Waals surface area contributed by atoms with Crippen LogP contribution >= 0.6 is 0 Å². The lowest BCUT2D eigenvalue weighted by Gasteiger charge is -2.24. The third kappa shape index (κ3) is 6.63. The first-order valence-corrected chi connectivity index (χ1v) is 13.6. The summed E-state index contributed by atoms with van der Waals surface area (Å²) in [5.74, 6) is 0.589. The van der Waals surface area contributed by atoms with Gasteiger partial charge >= 0.3 is 0 Å². The highest BCUT2D eigenvalue weighted by Crippen LogP contribution is 2.33. The molecule has 0 spiro atoms. The van der Waals surface area contributed by atoms with Crippen LogP contribution in [0.5, 0.6) is 11.5 Å². The third-order valence-electron chi connectivity index (χ3n) is 5.82. The van der Waals surface area contributed by atoms with Crippen LogP contribution in [-0.4, -0.2) is 44.5 Å². The molecular formula is C27H29N3O5S. The number of anilines is 1. The largest absolute Gasteiger partial charge is 0.455 e. The van der Waals surface area contributed by atoms with E-state index in [4.69, 9.17) is 4.74 Å². The number of ether oxygens (including phenoxy) is 1. The Morgan fingerprint density at radius 1 is 1.00 bits per heavy atom. The van der Waals surface area contributed by atoms with Crippen molar-refractivity contribution in [3.63, 3.8) is 0 Å². The van der Waals surface area contributed by atoms with Gasteiger partial charge in [0.05, 0.1) is 11.9 Å². The Bertz CT molecular complexity index is 1330. The summed E-state index contributed by atoms with van der Waals surface area (Å²) in [6.45, 7) is 1.15. The minimum absolute atomic E-state index is 0.158. The molecule has 0 saturated carbocycles. The molecule has 36 heavy (non-hydrogen) atoms. The number of sulfonamides is 1. The Labute approximate surface area is 211 Å². The average Bonchev–Trinajstić information content (AvgIpc) is 3.26. The predicted molar refractivity (Wildman–Crippen MR) is 138 cm³/mol. The number of benzene rings is 3. The number of para-hydroxylation sites is 3. The van der Waals surface area contributed by atoms with E-state index in [1.165, 1.54) is 0 Å². The van der Waals surface area contributed by atoms with E-state index in [-0.39, 0.29) is 18.1 Å². The van der Waals surface area contributed by atoms with Gasteiger partial charge in [-0.05, 0) is 41.8 Å². The standard InChI is InChI=1S/C27H29N3O5S/c1-36(33,34)30(24-13-5-6-14-25(24)35-23-11-3-2-4-12-23)20-26(31)28-18-21-9-7-10-22(17-21)19-29-16-8-15-27(29)32/h2-7,9-14,17H,8,15-16,18-20H2,1H3,(H,28,31). The van der Waals surface area contributed by atoms with Crippen LogP contribution in [0.2, 0.25) is 0 Å². The van der Waals surface area contributed by atoms with Crippen molar-refractivity contribution in [2.45, 2.75) is 25.9 Å². The van der Waals surface area contributed by atoms with Gasteiger partial charge in [-0.2, -0.15) is 0 Å². The number of amides is 2. The number of nitrogens with one attached hydrogen (secondary N) is 1. The minimum atomic E-state index is -3.78. The first-order valence-electron chi connectivity index (χ1n) is 11.7. The summed E-state index contributed by atoms with van der Waals surface area (Å²) in [6.07, 6.45) is 2.53. The van der Waals surface area contributed by atoms with E-state index < -0.39 is 22.5 Å². The highest BCUT2D eigenvalue weighted by Gasteiger charge is 2.24. The molecule has 1 heterocycles. The molecule has 4 rings (SSSR count). The SMILES string of the molecule is CS(=O)(=O)N(CC(=O)NCc1cccc(CN2CCCC2=O)c1)c1ccccc1Oc1ccccc1. The molecule has 0 radical (unpaired) electrons. The van der Waals surface area contributed by atoms with Crippen molar-refractivity contribution in [2.75, 3.05) is 23.7 Å². The molecule has 0 aromatic heterocycles. The van der Waals surface area contributed by atoms with Crippen LogP contribution < -0.4 is 14.4 Å². The Hall–Kier alpha value is -3.85. The topological polar surface area (TPSA) is 96.0 Å². The van der Waals surface area contributed by atoms with Crippen molar-refractivity contribution in [1.82, 2.24) is 10.2 Å². The van der Waals surface area contributed by atoms with E-state index in [0.29, 0.717) is 24.5 Å². The van der Waals surface area contributed by atoms with E-state index in [9.17, 15) is 18.0 Å². The second kappa shape index (κ2) is 11.3. The fourth-order valence-electron chi connectivity index (χ4n) is 4.06. The van der Waals surface area contributed by atoms with Crippen molar-refractivity contribution in [3.05, 3.63) is 90.0 Å². The number of hydrogen-bond donors (Lipinski definition) is 1. The van der Waals surface area contributed by atoms with Crippen LogP contribution in [0, 0.1) is 0 Å². The Balaban J connectivity index is 1.43. The van der Waals surface area contributed by atoms with Crippen molar-refractivity contribution < 1.29 is 22.7 Å². The predicted octanol–water partition coefficient (Wildman–Crippen LogP) is 3.68. The maximum absolute atomic E-state index is 12.8. The normalized spacial score (nSPS) is 13.5. The molecule has 3 aromatic rings. The molecule has 0 aliphatic carbocycles. The summed E-state index contributed by atoms with van der Waals surface area (Å²) < 4.78 is 32.2. The number of hydrogen-bond acceptors (Lipinski definition) is 5. The van der Waals surface area contributed by atoms with Crippen LogP contribution in [0.15, 0.2) is 78.9 Å². The van der Waals surface area contributed by atoms with Gasteiger partial charge in [-0.1, -0.05) is 54.6 Å². The molecule has 188 valence electrons. The van der Waals surface area contributed by atoms with E-state index in [2.05, 4.69) is 5.32 Å². The lowest BCUT2D eigenvalue weighted by atomic mass is 10.1. The van der Waals surface area contributed by atoms with Gasteiger partial charge in [0.2, 0.25) is 21.8 Å². The summed E-state index contributed by atoms with van der Waals surface area (Å²) in [5, 5.41) is 2.80. The summed E-state index contributed by atoms with van der Waals surface area (Å²) >= 11 is 0. The average molecular weight is 508 g/mol. The highest BCUT2D eigenvalue weighted by molar-refractivity contribution is 7.92. The van der Waals surface area contributed by atoms with E-state index in [1.54, 1.807) is 36.4 Å². The molecule has 1 fully saturated rings. The summed E-state index contributed by atoms with van der Waals surface area (Å²) in [7, 11) is -3.78. The van der Waals surface area contributed by atoms with Gasteiger partial charge in [-0.15, -0.1) is 0 Å².